The summed E-state index contributed by atoms with van der Waals surface area (Å²) in [7, 11) is 0. The fourth-order valence-electron chi connectivity index (χ4n) is 3.04. The average molecular weight is 429 g/mol. The Morgan fingerprint density at radius 2 is 1.94 bits per heavy atom. The van der Waals surface area contributed by atoms with E-state index in [2.05, 4.69) is 10.3 Å². The summed E-state index contributed by atoms with van der Waals surface area (Å²) in [5.74, 6) is -0.832. The number of amides is 1. The van der Waals surface area contributed by atoms with Crippen molar-refractivity contribution in [1.29, 1.82) is 0 Å². The van der Waals surface area contributed by atoms with Gasteiger partial charge in [-0.05, 0) is 54.1 Å². The molecule has 7 heteroatoms. The predicted molar refractivity (Wildman–Crippen MR) is 120 cm³/mol. The molecule has 6 nitrogen and oxygen atoms in total. The number of aromatic hydroxyl groups is 1. The number of rotatable bonds is 7. The molecule has 160 valence electrons. The lowest BCUT2D eigenvalue weighted by molar-refractivity contribution is -0.111. The summed E-state index contributed by atoms with van der Waals surface area (Å²) in [4.78, 5) is 16.4. The van der Waals surface area contributed by atoms with Crippen LogP contribution < -0.4 is 10.1 Å². The molecule has 0 fully saturated rings. The lowest BCUT2D eigenvalue weighted by atomic mass is 10.1. The molecule has 3 aromatic carbocycles. The number of carbonyl (C=O) groups is 1. The maximum Gasteiger partial charge on any atom is 0.248 e. The van der Waals surface area contributed by atoms with Crippen LogP contribution >= 0.6 is 0 Å². The first-order chi connectivity index (χ1) is 15.6. The first-order valence-corrected chi connectivity index (χ1v) is 9.85. The molecule has 4 rings (SSSR count). The zero-order valence-corrected chi connectivity index (χ0v) is 17.0. The largest absolute Gasteiger partial charge is 0.505 e. The van der Waals surface area contributed by atoms with E-state index in [9.17, 15) is 14.3 Å². The molecule has 1 heterocycles. The summed E-state index contributed by atoms with van der Waals surface area (Å²) in [5, 5.41) is 12.2. The molecule has 0 unspecified atom stereocenters. The van der Waals surface area contributed by atoms with Crippen LogP contribution in [0.2, 0.25) is 0 Å². The molecule has 1 aromatic heterocycles. The number of nitrogens with one attached hydrogen (secondary N) is 1. The van der Waals surface area contributed by atoms with Gasteiger partial charge >= 0.3 is 0 Å². The van der Waals surface area contributed by atoms with Crippen LogP contribution in [0, 0.1) is 5.82 Å². The zero-order chi connectivity index (χ0) is 22.3. The lowest BCUT2D eigenvalue weighted by Gasteiger charge is -2.12. The molecule has 0 radical (unpaired) electrons. The number of benzene rings is 3. The maximum atomic E-state index is 13.1. The van der Waals surface area contributed by atoms with E-state index in [1.54, 1.807) is 18.6 Å². The molecule has 0 saturated heterocycles. The van der Waals surface area contributed by atoms with Crippen molar-refractivity contribution in [2.45, 2.75) is 6.61 Å². The van der Waals surface area contributed by atoms with Gasteiger partial charge in [0.05, 0.1) is 6.33 Å². The fraction of sp³-hybridized carbons (Fsp3) is 0.0400. The number of anilines is 1. The van der Waals surface area contributed by atoms with Gasteiger partial charge in [-0.2, -0.15) is 0 Å². The number of ether oxygens (including phenoxy) is 1. The molecule has 0 aliphatic carbocycles. The summed E-state index contributed by atoms with van der Waals surface area (Å²) >= 11 is 0. The lowest BCUT2D eigenvalue weighted by Crippen LogP contribution is -2.10. The third-order valence-electron chi connectivity index (χ3n) is 4.71. The number of para-hydroxylation sites is 1. The van der Waals surface area contributed by atoms with Gasteiger partial charge in [0.25, 0.3) is 0 Å². The molecule has 4 aromatic rings. The van der Waals surface area contributed by atoms with Crippen molar-refractivity contribution in [3.8, 4) is 17.2 Å². The van der Waals surface area contributed by atoms with Crippen molar-refractivity contribution in [2.24, 2.45) is 0 Å². The van der Waals surface area contributed by atoms with E-state index >= 15 is 0 Å². The number of carbonyl (C=O) groups excluding carboxylic acids is 1. The van der Waals surface area contributed by atoms with Gasteiger partial charge in [0.2, 0.25) is 5.91 Å². The number of imidazole rings is 1. The quantitative estimate of drug-likeness (QED) is 0.408. The number of aromatic nitrogens is 2. The Morgan fingerprint density at radius 1 is 1.12 bits per heavy atom. The minimum atomic E-state index is -0.711. The van der Waals surface area contributed by atoms with Gasteiger partial charge in [-0.3, -0.25) is 4.79 Å². The molecule has 0 aliphatic rings. The van der Waals surface area contributed by atoms with Gasteiger partial charge in [0.15, 0.2) is 11.6 Å². The van der Waals surface area contributed by atoms with Crippen LogP contribution in [0.1, 0.15) is 11.1 Å². The second-order valence-corrected chi connectivity index (χ2v) is 6.94. The summed E-state index contributed by atoms with van der Waals surface area (Å²) in [6.45, 7) is 0.274. The molecular weight excluding hydrogens is 409 g/mol. The Kier molecular flexibility index (Phi) is 6.27. The van der Waals surface area contributed by atoms with Gasteiger partial charge < -0.3 is 19.7 Å². The minimum Gasteiger partial charge on any atom is -0.505 e. The molecule has 32 heavy (non-hydrogen) atoms. The SMILES string of the molecule is O=C(C=Cc1ccc(F)c(O)c1)Nc1ccccc1COc1ccc(-n2ccnc2)cc1. The Morgan fingerprint density at radius 3 is 2.69 bits per heavy atom. The number of nitrogens with zero attached hydrogens (tertiary/aromatic N) is 2. The van der Waals surface area contributed by atoms with E-state index in [0.717, 1.165) is 17.3 Å². The Bertz CT molecular complexity index is 1240. The van der Waals surface area contributed by atoms with Crippen LogP contribution in [-0.4, -0.2) is 20.6 Å². The molecule has 0 aliphatic heterocycles. The number of hydrogen-bond donors (Lipinski definition) is 2. The Balaban J connectivity index is 1.38. The highest BCUT2D eigenvalue weighted by molar-refractivity contribution is 6.02. The van der Waals surface area contributed by atoms with Crippen molar-refractivity contribution >= 4 is 17.7 Å². The molecule has 1 amide bonds. The van der Waals surface area contributed by atoms with Crippen molar-refractivity contribution < 1.29 is 19.0 Å². The normalized spacial score (nSPS) is 10.9. The van der Waals surface area contributed by atoms with Crippen molar-refractivity contribution in [3.05, 3.63) is 108 Å². The highest BCUT2D eigenvalue weighted by Crippen LogP contribution is 2.21. The first kappa shape index (κ1) is 20.9. The van der Waals surface area contributed by atoms with Crippen LogP contribution in [-0.2, 0) is 11.4 Å². The summed E-state index contributed by atoms with van der Waals surface area (Å²) in [6.07, 6.45) is 8.12. The summed E-state index contributed by atoms with van der Waals surface area (Å²) in [5.41, 5.74) is 2.92. The third kappa shape index (κ3) is 5.20. The molecule has 2 N–H and O–H groups in total. The van der Waals surface area contributed by atoms with Crippen LogP contribution in [0.4, 0.5) is 10.1 Å². The summed E-state index contributed by atoms with van der Waals surface area (Å²) < 4.78 is 20.9. The molecule has 0 spiro atoms. The van der Waals surface area contributed by atoms with Crippen molar-refractivity contribution in [1.82, 2.24) is 9.55 Å². The first-order valence-electron chi connectivity index (χ1n) is 9.85. The van der Waals surface area contributed by atoms with Crippen LogP contribution in [0.25, 0.3) is 11.8 Å². The highest BCUT2D eigenvalue weighted by Gasteiger charge is 2.06. The predicted octanol–water partition coefficient (Wildman–Crippen LogP) is 4.95. The Hall–Kier alpha value is -4.39. The topological polar surface area (TPSA) is 76.4 Å². The van der Waals surface area contributed by atoms with E-state index in [-0.39, 0.29) is 12.5 Å². The average Bonchev–Trinajstić information content (AvgIpc) is 3.35. The van der Waals surface area contributed by atoms with Gasteiger partial charge in [0, 0.05) is 35.4 Å². The van der Waals surface area contributed by atoms with Gasteiger partial charge in [-0.15, -0.1) is 0 Å². The third-order valence-corrected chi connectivity index (χ3v) is 4.71. The van der Waals surface area contributed by atoms with E-state index in [4.69, 9.17) is 4.74 Å². The second-order valence-electron chi connectivity index (χ2n) is 6.94. The molecule has 0 bridgehead atoms. The van der Waals surface area contributed by atoms with Gasteiger partial charge in [-0.25, -0.2) is 9.37 Å². The second kappa shape index (κ2) is 9.61. The standard InChI is InChI=1S/C25H20FN3O3/c26-22-11-5-18(15-24(22)30)6-12-25(31)28-23-4-2-1-3-19(23)16-32-21-9-7-20(8-10-21)29-14-13-27-17-29/h1-15,17,30H,16H2,(H,28,31). The van der Waals surface area contributed by atoms with Crippen LogP contribution in [0.5, 0.6) is 11.5 Å². The minimum absolute atomic E-state index is 0.274. The fourth-order valence-corrected chi connectivity index (χ4v) is 3.04. The number of hydrogen-bond acceptors (Lipinski definition) is 4. The highest BCUT2D eigenvalue weighted by atomic mass is 19.1. The molecule has 0 saturated carbocycles. The monoisotopic (exact) mass is 429 g/mol. The number of phenols is 1. The Labute approximate surface area is 184 Å². The summed E-state index contributed by atoms with van der Waals surface area (Å²) in [6, 6.07) is 18.8. The zero-order valence-electron chi connectivity index (χ0n) is 17.0. The van der Waals surface area contributed by atoms with Crippen LogP contribution in [0.3, 0.4) is 0 Å². The molecule has 0 atom stereocenters. The maximum absolute atomic E-state index is 13.1. The van der Waals surface area contributed by atoms with E-state index in [0.29, 0.717) is 17.0 Å². The van der Waals surface area contributed by atoms with E-state index in [1.165, 1.54) is 24.3 Å². The van der Waals surface area contributed by atoms with Gasteiger partial charge in [0.1, 0.15) is 12.4 Å². The van der Waals surface area contributed by atoms with E-state index in [1.807, 2.05) is 53.2 Å². The number of halogens is 1. The van der Waals surface area contributed by atoms with Crippen molar-refractivity contribution in [2.75, 3.05) is 5.32 Å². The van der Waals surface area contributed by atoms with Gasteiger partial charge in [-0.1, -0.05) is 24.3 Å². The molecular formula is C25H20FN3O3. The van der Waals surface area contributed by atoms with Crippen LogP contribution in [0.15, 0.2) is 91.5 Å². The van der Waals surface area contributed by atoms with Crippen molar-refractivity contribution in [3.63, 3.8) is 0 Å². The smallest absolute Gasteiger partial charge is 0.248 e. The van der Waals surface area contributed by atoms with E-state index < -0.39 is 11.6 Å². The number of phenolic OH excluding ortho intramolecular Hbond substituents is 1.